The van der Waals surface area contributed by atoms with Gasteiger partial charge in [-0.15, -0.1) is 0 Å². The van der Waals surface area contributed by atoms with E-state index in [2.05, 4.69) is 40.5 Å². The van der Waals surface area contributed by atoms with Crippen LogP contribution in [0.25, 0.3) is 0 Å². The second-order valence-corrected chi connectivity index (χ2v) is 6.17. The van der Waals surface area contributed by atoms with Gasteiger partial charge in [0.2, 0.25) is 0 Å². The first-order chi connectivity index (χ1) is 10.3. The summed E-state index contributed by atoms with van der Waals surface area (Å²) >= 11 is 0. The number of rotatable bonds is 5. The first-order valence-electron chi connectivity index (χ1n) is 7.98. The summed E-state index contributed by atoms with van der Waals surface area (Å²) in [7, 11) is 1.80. The quantitative estimate of drug-likeness (QED) is 0.900. The van der Waals surface area contributed by atoms with Gasteiger partial charge in [-0.1, -0.05) is 18.2 Å². The monoisotopic (exact) mass is 290 g/mol. The number of methoxy groups -OCH3 is 1. The maximum Gasteiger partial charge on any atom is 0.106 e. The number of piperidine rings is 1. The molecule has 1 aromatic rings. The molecule has 2 aliphatic heterocycles. The third kappa shape index (κ3) is 3.57. The van der Waals surface area contributed by atoms with Gasteiger partial charge in [-0.3, -0.25) is 0 Å². The van der Waals surface area contributed by atoms with Crippen LogP contribution in [0.1, 0.15) is 19.3 Å². The van der Waals surface area contributed by atoms with Crippen molar-refractivity contribution in [1.29, 1.82) is 0 Å². The molecule has 0 spiro atoms. The van der Waals surface area contributed by atoms with Crippen molar-refractivity contribution in [3.05, 3.63) is 30.3 Å². The lowest BCUT2D eigenvalue weighted by Gasteiger charge is -2.36. The van der Waals surface area contributed by atoms with Crippen molar-refractivity contribution in [2.45, 2.75) is 30.9 Å². The zero-order valence-electron chi connectivity index (χ0n) is 12.9. The van der Waals surface area contributed by atoms with Crippen LogP contribution in [0.3, 0.4) is 0 Å². The van der Waals surface area contributed by atoms with Gasteiger partial charge in [0.1, 0.15) is 5.60 Å². The Hall–Kier alpha value is -1.10. The van der Waals surface area contributed by atoms with Crippen molar-refractivity contribution in [2.24, 2.45) is 0 Å². The molecule has 0 aliphatic carbocycles. The summed E-state index contributed by atoms with van der Waals surface area (Å²) in [5, 5.41) is 3.70. The first kappa shape index (κ1) is 14.8. The maximum absolute atomic E-state index is 5.68. The Morgan fingerprint density at radius 3 is 2.67 bits per heavy atom. The van der Waals surface area contributed by atoms with Crippen molar-refractivity contribution >= 4 is 5.69 Å². The fourth-order valence-electron chi connectivity index (χ4n) is 3.27. The molecule has 1 atom stereocenters. The van der Waals surface area contributed by atoms with Crippen molar-refractivity contribution in [3.8, 4) is 0 Å². The largest absolute Gasteiger partial charge is 0.378 e. The molecule has 1 aromatic carbocycles. The van der Waals surface area contributed by atoms with Gasteiger partial charge in [-0.25, -0.2) is 0 Å². The van der Waals surface area contributed by atoms with E-state index in [1.807, 2.05) is 0 Å². The van der Waals surface area contributed by atoms with Crippen LogP contribution >= 0.6 is 0 Å². The average molecular weight is 290 g/mol. The lowest BCUT2D eigenvalue weighted by Crippen LogP contribution is -2.49. The highest BCUT2D eigenvalue weighted by Crippen LogP contribution is 2.23. The van der Waals surface area contributed by atoms with Crippen LogP contribution in [0.4, 0.5) is 5.69 Å². The number of nitrogens with zero attached hydrogens (tertiary/aromatic N) is 1. The molecule has 0 aromatic heterocycles. The topological polar surface area (TPSA) is 33.7 Å². The summed E-state index contributed by atoms with van der Waals surface area (Å²) in [4.78, 5) is 2.48. The number of nitrogens with one attached hydrogen (secondary N) is 1. The molecule has 2 fully saturated rings. The van der Waals surface area contributed by atoms with Gasteiger partial charge in [0.25, 0.3) is 0 Å². The van der Waals surface area contributed by atoms with Crippen molar-refractivity contribution in [1.82, 2.24) is 5.32 Å². The Labute approximate surface area is 127 Å². The molecule has 2 heterocycles. The molecule has 3 rings (SSSR count). The molecule has 4 nitrogen and oxygen atoms in total. The van der Waals surface area contributed by atoms with Gasteiger partial charge in [-0.2, -0.15) is 0 Å². The minimum Gasteiger partial charge on any atom is -0.378 e. The molecule has 2 aliphatic rings. The third-order valence-corrected chi connectivity index (χ3v) is 4.83. The summed E-state index contributed by atoms with van der Waals surface area (Å²) in [5.74, 6) is 0. The smallest absolute Gasteiger partial charge is 0.106 e. The van der Waals surface area contributed by atoms with Crippen LogP contribution in [-0.4, -0.2) is 51.6 Å². The maximum atomic E-state index is 5.68. The number of anilines is 1. The number of para-hydroxylation sites is 1. The standard InChI is InChI=1S/C17H26N2O2/c1-20-17(9-12-21-14-17)13-18-15-7-10-19(11-8-15)16-5-3-2-4-6-16/h2-6,15,18H,7-14H2,1H3. The van der Waals surface area contributed by atoms with Crippen LogP contribution in [0.5, 0.6) is 0 Å². The minimum absolute atomic E-state index is 0.101. The van der Waals surface area contributed by atoms with Gasteiger partial charge < -0.3 is 19.7 Å². The van der Waals surface area contributed by atoms with E-state index in [0.29, 0.717) is 6.04 Å². The van der Waals surface area contributed by atoms with Crippen molar-refractivity contribution < 1.29 is 9.47 Å². The number of ether oxygens (including phenoxy) is 2. The second-order valence-electron chi connectivity index (χ2n) is 6.17. The van der Waals surface area contributed by atoms with Crippen LogP contribution in [0.2, 0.25) is 0 Å². The summed E-state index contributed by atoms with van der Waals surface area (Å²) in [6.07, 6.45) is 3.38. The predicted molar refractivity (Wildman–Crippen MR) is 84.9 cm³/mol. The molecule has 4 heteroatoms. The second kappa shape index (κ2) is 6.77. The number of benzene rings is 1. The van der Waals surface area contributed by atoms with E-state index in [1.54, 1.807) is 7.11 Å². The highest BCUT2D eigenvalue weighted by atomic mass is 16.5. The Balaban J connectivity index is 1.46. The van der Waals surface area contributed by atoms with Gasteiger partial charge in [0.05, 0.1) is 6.61 Å². The molecule has 1 unspecified atom stereocenters. The zero-order valence-corrected chi connectivity index (χ0v) is 12.9. The summed E-state index contributed by atoms with van der Waals surface area (Å²) in [6, 6.07) is 11.3. The average Bonchev–Trinajstić information content (AvgIpc) is 3.04. The molecule has 21 heavy (non-hydrogen) atoms. The molecule has 0 saturated carbocycles. The van der Waals surface area contributed by atoms with Gasteiger partial charge in [0, 0.05) is 51.5 Å². The number of hydrogen-bond acceptors (Lipinski definition) is 4. The highest BCUT2D eigenvalue weighted by Gasteiger charge is 2.35. The van der Waals surface area contributed by atoms with E-state index in [1.165, 1.54) is 18.5 Å². The molecule has 2 saturated heterocycles. The fraction of sp³-hybridized carbons (Fsp3) is 0.647. The molecule has 0 amide bonds. The van der Waals surface area contributed by atoms with Crippen LogP contribution < -0.4 is 10.2 Å². The van der Waals surface area contributed by atoms with Gasteiger partial charge in [-0.05, 0) is 25.0 Å². The van der Waals surface area contributed by atoms with Crippen LogP contribution in [0.15, 0.2) is 30.3 Å². The van der Waals surface area contributed by atoms with Crippen LogP contribution in [-0.2, 0) is 9.47 Å². The Morgan fingerprint density at radius 1 is 1.29 bits per heavy atom. The first-order valence-corrected chi connectivity index (χ1v) is 7.98. The Morgan fingerprint density at radius 2 is 2.05 bits per heavy atom. The highest BCUT2D eigenvalue weighted by molar-refractivity contribution is 5.46. The molecule has 0 radical (unpaired) electrons. The Bertz CT molecular complexity index is 424. The minimum atomic E-state index is -0.101. The molecule has 116 valence electrons. The number of hydrogen-bond donors (Lipinski definition) is 1. The third-order valence-electron chi connectivity index (χ3n) is 4.83. The lowest BCUT2D eigenvalue weighted by atomic mass is 10.00. The van der Waals surface area contributed by atoms with Gasteiger partial charge >= 0.3 is 0 Å². The summed E-state index contributed by atoms with van der Waals surface area (Å²) < 4.78 is 11.2. The molecule has 0 bridgehead atoms. The SMILES string of the molecule is COC1(CNC2CCN(c3ccccc3)CC2)CCOC1. The van der Waals surface area contributed by atoms with E-state index < -0.39 is 0 Å². The predicted octanol–water partition coefficient (Wildman–Crippen LogP) is 2.05. The summed E-state index contributed by atoms with van der Waals surface area (Å²) in [6.45, 7) is 4.69. The van der Waals surface area contributed by atoms with E-state index in [0.717, 1.165) is 39.3 Å². The molecule has 1 N–H and O–H groups in total. The molecular weight excluding hydrogens is 264 g/mol. The van der Waals surface area contributed by atoms with Crippen molar-refractivity contribution in [2.75, 3.05) is 44.9 Å². The van der Waals surface area contributed by atoms with E-state index in [9.17, 15) is 0 Å². The lowest BCUT2D eigenvalue weighted by molar-refractivity contribution is -0.0179. The van der Waals surface area contributed by atoms with Gasteiger partial charge in [0.15, 0.2) is 0 Å². The normalized spacial score (nSPS) is 27.2. The summed E-state index contributed by atoms with van der Waals surface area (Å²) in [5.41, 5.74) is 1.24. The Kier molecular flexibility index (Phi) is 4.78. The van der Waals surface area contributed by atoms with E-state index in [-0.39, 0.29) is 5.60 Å². The van der Waals surface area contributed by atoms with E-state index in [4.69, 9.17) is 9.47 Å². The fourth-order valence-corrected chi connectivity index (χ4v) is 3.27. The van der Waals surface area contributed by atoms with Crippen LogP contribution in [0, 0.1) is 0 Å². The zero-order chi connectivity index (χ0) is 14.5. The molecular formula is C17H26N2O2. The van der Waals surface area contributed by atoms with Crippen molar-refractivity contribution in [3.63, 3.8) is 0 Å². The van der Waals surface area contributed by atoms with E-state index >= 15 is 0 Å².